The lowest BCUT2D eigenvalue weighted by Gasteiger charge is -2.11. The fourth-order valence-electron chi connectivity index (χ4n) is 2.89. The molecule has 0 fully saturated rings. The van der Waals surface area contributed by atoms with Crippen molar-refractivity contribution in [1.82, 2.24) is 0 Å². The zero-order valence-electron chi connectivity index (χ0n) is 10.9. The summed E-state index contributed by atoms with van der Waals surface area (Å²) >= 11 is 0. The highest BCUT2D eigenvalue weighted by Crippen LogP contribution is 2.34. The number of aryl methyl sites for hydroxylation is 1. The number of hydrogen-bond acceptors (Lipinski definition) is 1. The van der Waals surface area contributed by atoms with Crippen molar-refractivity contribution in [1.29, 1.82) is 0 Å². The van der Waals surface area contributed by atoms with Gasteiger partial charge in [-0.2, -0.15) is 0 Å². The van der Waals surface area contributed by atoms with Crippen LogP contribution in [0.15, 0.2) is 42.5 Å². The van der Waals surface area contributed by atoms with Crippen molar-refractivity contribution in [2.45, 2.75) is 25.2 Å². The molecule has 0 bridgehead atoms. The molecule has 1 unspecified atom stereocenters. The molecule has 3 heteroatoms. The Kier molecular flexibility index (Phi) is 3.35. The molecule has 0 radical (unpaired) electrons. The Bertz CT molecular complexity index is 664. The maximum atomic E-state index is 13.6. The first-order chi connectivity index (χ1) is 9.66. The third-order valence-electron chi connectivity index (χ3n) is 3.92. The van der Waals surface area contributed by atoms with Gasteiger partial charge in [0.05, 0.1) is 0 Å². The second-order valence-electron chi connectivity index (χ2n) is 5.15. The van der Waals surface area contributed by atoms with Crippen LogP contribution in [0.3, 0.4) is 0 Å². The molecule has 2 aromatic rings. The zero-order chi connectivity index (χ0) is 14.1. The quantitative estimate of drug-likeness (QED) is 0.830. The summed E-state index contributed by atoms with van der Waals surface area (Å²) in [6.45, 7) is 0. The molecule has 3 rings (SSSR count). The Hall–Kier alpha value is -2.03. The van der Waals surface area contributed by atoms with Crippen molar-refractivity contribution >= 4 is 5.78 Å². The van der Waals surface area contributed by atoms with Gasteiger partial charge < -0.3 is 0 Å². The first kappa shape index (κ1) is 13.0. The predicted molar refractivity (Wildman–Crippen MR) is 72.6 cm³/mol. The Morgan fingerprint density at radius 1 is 1.10 bits per heavy atom. The lowest BCUT2D eigenvalue weighted by molar-refractivity contribution is -0.119. The van der Waals surface area contributed by atoms with Gasteiger partial charge in [0.2, 0.25) is 0 Å². The van der Waals surface area contributed by atoms with Crippen LogP contribution in [0.4, 0.5) is 8.78 Å². The van der Waals surface area contributed by atoms with Crippen LogP contribution in [0.5, 0.6) is 0 Å². The number of fused-ring (bicyclic) bond motifs is 1. The average Bonchev–Trinajstić information content (AvgIpc) is 2.88. The van der Waals surface area contributed by atoms with Crippen LogP contribution < -0.4 is 0 Å². The summed E-state index contributed by atoms with van der Waals surface area (Å²) in [6, 6.07) is 11.8. The van der Waals surface area contributed by atoms with E-state index in [9.17, 15) is 13.6 Å². The molecule has 1 nitrogen and oxygen atoms in total. The largest absolute Gasteiger partial charge is 0.299 e. The zero-order valence-corrected chi connectivity index (χ0v) is 10.9. The molecule has 0 saturated carbocycles. The lowest BCUT2D eigenvalue weighted by atomic mass is 9.92. The van der Waals surface area contributed by atoms with Crippen LogP contribution >= 0.6 is 0 Å². The molecule has 2 aromatic carbocycles. The molecular formula is C17H14F2O. The van der Waals surface area contributed by atoms with Crippen LogP contribution in [-0.2, 0) is 17.6 Å². The SMILES string of the molecule is O=C(Cc1cccc(F)c1F)C1CCc2ccccc21. The number of rotatable bonds is 3. The number of ketones is 1. The van der Waals surface area contributed by atoms with E-state index in [4.69, 9.17) is 0 Å². The van der Waals surface area contributed by atoms with Gasteiger partial charge in [0.15, 0.2) is 11.6 Å². The smallest absolute Gasteiger partial charge is 0.162 e. The van der Waals surface area contributed by atoms with Gasteiger partial charge in [-0.3, -0.25) is 4.79 Å². The molecule has 102 valence electrons. The Labute approximate surface area is 116 Å². The minimum absolute atomic E-state index is 0.0422. The van der Waals surface area contributed by atoms with Crippen LogP contribution in [0.2, 0.25) is 0 Å². The fraction of sp³-hybridized carbons (Fsp3) is 0.235. The topological polar surface area (TPSA) is 17.1 Å². The Morgan fingerprint density at radius 2 is 1.90 bits per heavy atom. The molecule has 1 aliphatic carbocycles. The highest BCUT2D eigenvalue weighted by Gasteiger charge is 2.28. The van der Waals surface area contributed by atoms with Gasteiger partial charge >= 0.3 is 0 Å². The van der Waals surface area contributed by atoms with Gasteiger partial charge in [-0.25, -0.2) is 8.78 Å². The highest BCUT2D eigenvalue weighted by atomic mass is 19.2. The van der Waals surface area contributed by atoms with E-state index in [0.717, 1.165) is 24.5 Å². The maximum absolute atomic E-state index is 13.6. The standard InChI is InChI=1S/C17H14F2O/c18-15-7-3-5-12(17(15)19)10-16(20)14-9-8-11-4-1-2-6-13(11)14/h1-7,14H,8-10H2. The highest BCUT2D eigenvalue weighted by molar-refractivity contribution is 5.88. The van der Waals surface area contributed by atoms with Gasteiger partial charge in [0.1, 0.15) is 5.78 Å². The molecule has 0 amide bonds. The van der Waals surface area contributed by atoms with E-state index >= 15 is 0 Å². The molecule has 0 N–H and O–H groups in total. The molecule has 0 saturated heterocycles. The van der Waals surface area contributed by atoms with Crippen molar-refractivity contribution in [3.63, 3.8) is 0 Å². The van der Waals surface area contributed by atoms with Gasteiger partial charge in [-0.15, -0.1) is 0 Å². The molecule has 1 atom stereocenters. The Morgan fingerprint density at radius 3 is 2.75 bits per heavy atom. The minimum atomic E-state index is -0.910. The van der Waals surface area contributed by atoms with Gasteiger partial charge in [-0.05, 0) is 35.6 Å². The monoisotopic (exact) mass is 272 g/mol. The summed E-state index contributed by atoms with van der Waals surface area (Å²) in [6.07, 6.45) is 1.58. The van der Waals surface area contributed by atoms with Crippen LogP contribution in [0.1, 0.15) is 29.0 Å². The maximum Gasteiger partial charge on any atom is 0.162 e. The van der Waals surface area contributed by atoms with E-state index in [2.05, 4.69) is 0 Å². The molecule has 0 aliphatic heterocycles. The second kappa shape index (κ2) is 5.16. The first-order valence-corrected chi connectivity index (χ1v) is 6.70. The summed E-state index contributed by atoms with van der Waals surface area (Å²) in [5.74, 6) is -2.04. The van der Waals surface area contributed by atoms with Crippen LogP contribution in [0, 0.1) is 11.6 Å². The molecule has 0 aromatic heterocycles. The number of carbonyl (C=O) groups is 1. The van der Waals surface area contributed by atoms with Crippen LogP contribution in [0.25, 0.3) is 0 Å². The summed E-state index contributed by atoms with van der Waals surface area (Å²) in [7, 11) is 0. The van der Waals surface area contributed by atoms with Crippen molar-refractivity contribution in [3.05, 3.63) is 70.8 Å². The summed E-state index contributed by atoms with van der Waals surface area (Å²) < 4.78 is 26.8. The average molecular weight is 272 g/mol. The fourth-order valence-corrected chi connectivity index (χ4v) is 2.89. The number of benzene rings is 2. The Balaban J connectivity index is 1.83. The third kappa shape index (κ3) is 2.24. The summed E-state index contributed by atoms with van der Waals surface area (Å²) in [4.78, 5) is 12.4. The lowest BCUT2D eigenvalue weighted by Crippen LogP contribution is -2.13. The number of hydrogen-bond donors (Lipinski definition) is 0. The van der Waals surface area contributed by atoms with Crippen molar-refractivity contribution in [2.75, 3.05) is 0 Å². The summed E-state index contributed by atoms with van der Waals surface area (Å²) in [5.41, 5.74) is 2.36. The predicted octanol–water partition coefficient (Wildman–Crippen LogP) is 3.81. The molecule has 0 spiro atoms. The van der Waals surface area contributed by atoms with E-state index < -0.39 is 11.6 Å². The second-order valence-corrected chi connectivity index (χ2v) is 5.15. The number of halogens is 2. The van der Waals surface area contributed by atoms with E-state index in [1.54, 1.807) is 0 Å². The number of carbonyl (C=O) groups excluding carboxylic acids is 1. The molecule has 20 heavy (non-hydrogen) atoms. The first-order valence-electron chi connectivity index (χ1n) is 6.70. The van der Waals surface area contributed by atoms with Gasteiger partial charge in [-0.1, -0.05) is 36.4 Å². The van der Waals surface area contributed by atoms with E-state index in [-0.39, 0.29) is 23.7 Å². The molecule has 0 heterocycles. The molecular weight excluding hydrogens is 258 g/mol. The van der Waals surface area contributed by atoms with Gasteiger partial charge in [0.25, 0.3) is 0 Å². The van der Waals surface area contributed by atoms with Crippen molar-refractivity contribution in [2.24, 2.45) is 0 Å². The minimum Gasteiger partial charge on any atom is -0.299 e. The van der Waals surface area contributed by atoms with E-state index in [1.807, 2.05) is 24.3 Å². The number of Topliss-reactive ketones (excluding diaryl/α,β-unsaturated/α-hetero) is 1. The molecule has 1 aliphatic rings. The van der Waals surface area contributed by atoms with Crippen molar-refractivity contribution < 1.29 is 13.6 Å². The normalized spacial score (nSPS) is 17.0. The van der Waals surface area contributed by atoms with Crippen LogP contribution in [-0.4, -0.2) is 5.78 Å². The van der Waals surface area contributed by atoms with E-state index in [1.165, 1.54) is 17.7 Å². The van der Waals surface area contributed by atoms with Crippen molar-refractivity contribution in [3.8, 4) is 0 Å². The third-order valence-corrected chi connectivity index (χ3v) is 3.92. The summed E-state index contributed by atoms with van der Waals surface area (Å²) in [5, 5.41) is 0. The van der Waals surface area contributed by atoms with E-state index in [0.29, 0.717) is 0 Å². The van der Waals surface area contributed by atoms with Gasteiger partial charge in [0, 0.05) is 12.3 Å².